The van der Waals surface area contributed by atoms with Crippen LogP contribution < -0.4 is 0 Å². The van der Waals surface area contributed by atoms with E-state index in [0.29, 0.717) is 13.0 Å². The molecule has 0 spiro atoms. The van der Waals surface area contributed by atoms with Gasteiger partial charge in [0.1, 0.15) is 6.61 Å². The first-order chi connectivity index (χ1) is 13.6. The predicted octanol–water partition coefficient (Wildman–Crippen LogP) is 4.07. The molecule has 1 aliphatic heterocycles. The summed E-state index contributed by atoms with van der Waals surface area (Å²) in [6.07, 6.45) is 0.0354. The summed E-state index contributed by atoms with van der Waals surface area (Å²) in [5.74, 6) is -0.562. The van der Waals surface area contributed by atoms with Gasteiger partial charge >= 0.3 is 6.09 Å². The van der Waals surface area contributed by atoms with Crippen LogP contribution in [0.3, 0.4) is 0 Å². The Balaban J connectivity index is 1.65. The lowest BCUT2D eigenvalue weighted by Gasteiger charge is -2.27. The van der Waals surface area contributed by atoms with Gasteiger partial charge in [-0.15, -0.1) is 0 Å². The molecule has 0 radical (unpaired) electrons. The number of rotatable bonds is 8. The third-order valence-electron chi connectivity index (χ3n) is 5.04. The standard InChI is InChI=1S/C23H27NO4/c1-17(2)21(16-27-14-19-11-7-4-8-12-19)22(25)24-20(15-28-23(24)26)13-18-9-5-3-6-10-18/h3-12,17,20-21H,13-16H2,1-2H3. The van der Waals surface area contributed by atoms with Crippen molar-refractivity contribution in [2.45, 2.75) is 32.9 Å². The fourth-order valence-electron chi connectivity index (χ4n) is 3.37. The van der Waals surface area contributed by atoms with Crippen molar-refractivity contribution in [1.29, 1.82) is 0 Å². The molecule has 2 atom stereocenters. The zero-order valence-electron chi connectivity index (χ0n) is 16.4. The monoisotopic (exact) mass is 381 g/mol. The minimum absolute atomic E-state index is 0.0500. The van der Waals surface area contributed by atoms with Crippen LogP contribution in [0, 0.1) is 11.8 Å². The van der Waals surface area contributed by atoms with Crippen LogP contribution in [0.1, 0.15) is 25.0 Å². The van der Waals surface area contributed by atoms with E-state index in [4.69, 9.17) is 9.47 Å². The first kappa shape index (κ1) is 20.1. The fraction of sp³-hybridized carbons (Fsp3) is 0.391. The van der Waals surface area contributed by atoms with Crippen molar-refractivity contribution < 1.29 is 19.1 Å². The van der Waals surface area contributed by atoms with Gasteiger partial charge < -0.3 is 9.47 Å². The molecule has 3 rings (SSSR count). The molecule has 1 aliphatic rings. The maximum Gasteiger partial charge on any atom is 0.416 e. The molecule has 5 nitrogen and oxygen atoms in total. The van der Waals surface area contributed by atoms with Gasteiger partial charge in [0, 0.05) is 0 Å². The van der Waals surface area contributed by atoms with Crippen LogP contribution in [0.5, 0.6) is 0 Å². The summed E-state index contributed by atoms with van der Waals surface area (Å²) in [6.45, 7) is 4.89. The number of imide groups is 1. The maximum atomic E-state index is 13.2. The third-order valence-corrected chi connectivity index (χ3v) is 5.04. The van der Waals surface area contributed by atoms with E-state index in [1.807, 2.05) is 74.5 Å². The second-order valence-corrected chi connectivity index (χ2v) is 7.48. The van der Waals surface area contributed by atoms with Crippen LogP contribution >= 0.6 is 0 Å². The maximum absolute atomic E-state index is 13.2. The SMILES string of the molecule is CC(C)C(COCc1ccccc1)C(=O)N1C(=O)OCC1Cc1ccccc1. The molecule has 5 heteroatoms. The number of ether oxygens (including phenoxy) is 2. The molecule has 0 aliphatic carbocycles. The largest absolute Gasteiger partial charge is 0.447 e. The molecular weight excluding hydrogens is 354 g/mol. The Kier molecular flexibility index (Phi) is 6.82. The van der Waals surface area contributed by atoms with Gasteiger partial charge in [-0.2, -0.15) is 0 Å². The molecule has 0 bridgehead atoms. The molecule has 0 saturated carbocycles. The number of amides is 2. The van der Waals surface area contributed by atoms with Crippen LogP contribution in [0.2, 0.25) is 0 Å². The van der Waals surface area contributed by atoms with Crippen LogP contribution in [-0.2, 0) is 27.3 Å². The first-order valence-corrected chi connectivity index (χ1v) is 9.71. The molecule has 1 heterocycles. The Morgan fingerprint density at radius 1 is 1.07 bits per heavy atom. The number of nitrogens with zero attached hydrogens (tertiary/aromatic N) is 1. The second-order valence-electron chi connectivity index (χ2n) is 7.48. The third kappa shape index (κ3) is 4.98. The highest BCUT2D eigenvalue weighted by atomic mass is 16.6. The van der Waals surface area contributed by atoms with E-state index in [1.54, 1.807) is 0 Å². The van der Waals surface area contributed by atoms with Crippen LogP contribution in [0.15, 0.2) is 60.7 Å². The topological polar surface area (TPSA) is 55.8 Å². The van der Waals surface area contributed by atoms with E-state index in [9.17, 15) is 9.59 Å². The number of hydrogen-bond donors (Lipinski definition) is 0. The molecule has 1 fully saturated rings. The molecule has 0 N–H and O–H groups in total. The van der Waals surface area contributed by atoms with Gasteiger partial charge in [-0.05, 0) is 23.5 Å². The minimum Gasteiger partial charge on any atom is -0.447 e. The highest BCUT2D eigenvalue weighted by Crippen LogP contribution is 2.23. The van der Waals surface area contributed by atoms with Gasteiger partial charge in [0.2, 0.25) is 5.91 Å². The van der Waals surface area contributed by atoms with Crippen LogP contribution in [0.25, 0.3) is 0 Å². The number of carbonyl (C=O) groups excluding carboxylic acids is 2. The van der Waals surface area contributed by atoms with E-state index in [-0.39, 0.29) is 31.1 Å². The van der Waals surface area contributed by atoms with E-state index in [1.165, 1.54) is 4.90 Å². The number of benzene rings is 2. The Morgan fingerprint density at radius 2 is 1.68 bits per heavy atom. The fourth-order valence-corrected chi connectivity index (χ4v) is 3.37. The molecule has 28 heavy (non-hydrogen) atoms. The van der Waals surface area contributed by atoms with Gasteiger partial charge in [-0.1, -0.05) is 74.5 Å². The number of hydrogen-bond acceptors (Lipinski definition) is 4. The van der Waals surface area contributed by atoms with Crippen molar-refractivity contribution in [3.8, 4) is 0 Å². The van der Waals surface area contributed by atoms with E-state index < -0.39 is 12.0 Å². The average Bonchev–Trinajstić information content (AvgIpc) is 3.06. The number of carbonyl (C=O) groups is 2. The highest BCUT2D eigenvalue weighted by molar-refractivity contribution is 5.95. The van der Waals surface area contributed by atoms with Gasteiger partial charge in [0.15, 0.2) is 0 Å². The second kappa shape index (κ2) is 9.51. The molecule has 2 aromatic rings. The summed E-state index contributed by atoms with van der Waals surface area (Å²) >= 11 is 0. The summed E-state index contributed by atoms with van der Waals surface area (Å²) in [5, 5.41) is 0. The summed E-state index contributed by atoms with van der Waals surface area (Å²) in [7, 11) is 0. The van der Waals surface area contributed by atoms with Gasteiger partial charge in [-0.3, -0.25) is 4.79 Å². The number of cyclic esters (lactones) is 1. The summed E-state index contributed by atoms with van der Waals surface area (Å²) in [4.78, 5) is 26.8. The molecule has 1 saturated heterocycles. The minimum atomic E-state index is -0.556. The lowest BCUT2D eigenvalue weighted by atomic mass is 9.94. The lowest BCUT2D eigenvalue weighted by Crippen LogP contribution is -2.46. The Labute approximate surface area is 166 Å². The van der Waals surface area contributed by atoms with Crippen molar-refractivity contribution in [2.24, 2.45) is 11.8 Å². The van der Waals surface area contributed by atoms with Gasteiger partial charge in [-0.25, -0.2) is 9.69 Å². The van der Waals surface area contributed by atoms with Crippen molar-refractivity contribution >= 4 is 12.0 Å². The smallest absolute Gasteiger partial charge is 0.416 e. The Morgan fingerprint density at radius 3 is 2.29 bits per heavy atom. The van der Waals surface area contributed by atoms with Crippen molar-refractivity contribution in [3.05, 3.63) is 71.8 Å². The van der Waals surface area contributed by atoms with Crippen molar-refractivity contribution in [3.63, 3.8) is 0 Å². The van der Waals surface area contributed by atoms with Gasteiger partial charge in [0.05, 0.1) is 25.2 Å². The molecule has 2 amide bonds. The molecule has 148 valence electrons. The summed E-state index contributed by atoms with van der Waals surface area (Å²) < 4.78 is 11.0. The first-order valence-electron chi connectivity index (χ1n) is 9.71. The molecule has 0 aromatic heterocycles. The van der Waals surface area contributed by atoms with Gasteiger partial charge in [0.25, 0.3) is 0 Å². The Bertz CT molecular complexity index is 776. The summed E-state index contributed by atoms with van der Waals surface area (Å²) in [5.41, 5.74) is 2.13. The lowest BCUT2D eigenvalue weighted by molar-refractivity contribution is -0.137. The van der Waals surface area contributed by atoms with E-state index in [0.717, 1.165) is 11.1 Å². The van der Waals surface area contributed by atoms with Crippen molar-refractivity contribution in [2.75, 3.05) is 13.2 Å². The van der Waals surface area contributed by atoms with Crippen molar-refractivity contribution in [1.82, 2.24) is 4.90 Å². The Hall–Kier alpha value is -2.66. The molecular formula is C23H27NO4. The van der Waals surface area contributed by atoms with E-state index >= 15 is 0 Å². The average molecular weight is 381 g/mol. The zero-order chi connectivity index (χ0) is 19.9. The van der Waals surface area contributed by atoms with Crippen LogP contribution in [0.4, 0.5) is 4.79 Å². The summed E-state index contributed by atoms with van der Waals surface area (Å²) in [6, 6.07) is 19.4. The normalized spacial score (nSPS) is 17.6. The molecule has 2 aromatic carbocycles. The zero-order valence-corrected chi connectivity index (χ0v) is 16.4. The highest BCUT2D eigenvalue weighted by Gasteiger charge is 2.41. The van der Waals surface area contributed by atoms with E-state index in [2.05, 4.69) is 0 Å². The predicted molar refractivity (Wildman–Crippen MR) is 107 cm³/mol. The van der Waals surface area contributed by atoms with Crippen LogP contribution in [-0.4, -0.2) is 36.2 Å². The molecule has 2 unspecified atom stereocenters. The quantitative estimate of drug-likeness (QED) is 0.692.